The first kappa shape index (κ1) is 24.6. The summed E-state index contributed by atoms with van der Waals surface area (Å²) in [5.41, 5.74) is 2.48. The average Bonchev–Trinajstić information content (AvgIpc) is 3.54. The Morgan fingerprint density at radius 3 is 2.51 bits per heavy atom. The van der Waals surface area contributed by atoms with E-state index in [4.69, 9.17) is 19.1 Å². The zero-order valence-corrected chi connectivity index (χ0v) is 19.8. The summed E-state index contributed by atoms with van der Waals surface area (Å²) < 4.78 is 17.6. The second-order valence-corrected chi connectivity index (χ2v) is 8.54. The summed E-state index contributed by atoms with van der Waals surface area (Å²) in [7, 11) is 0. The average molecular weight is 482 g/mol. The minimum absolute atomic E-state index is 0.189. The van der Waals surface area contributed by atoms with Crippen molar-refractivity contribution in [2.24, 2.45) is 0 Å². The molecule has 0 saturated carbocycles. The molecule has 0 radical (unpaired) electrons. The molecule has 3 aromatic rings. The van der Waals surface area contributed by atoms with Gasteiger partial charge in [-0.1, -0.05) is 13.3 Å². The van der Waals surface area contributed by atoms with Gasteiger partial charge >= 0.3 is 0 Å². The SMILES string of the molecule is CCCC(NC(=O)c1cc2cc(OCCN3CCCC3)ccc2o1)Oc1ccc(C(=O)NO)cc1. The lowest BCUT2D eigenvalue weighted by molar-refractivity contribution is 0.0706. The molecule has 3 N–H and O–H groups in total. The van der Waals surface area contributed by atoms with Gasteiger partial charge in [-0.25, -0.2) is 5.48 Å². The molecule has 9 nitrogen and oxygen atoms in total. The van der Waals surface area contributed by atoms with E-state index in [-0.39, 0.29) is 17.2 Å². The van der Waals surface area contributed by atoms with E-state index in [0.29, 0.717) is 24.4 Å². The van der Waals surface area contributed by atoms with Crippen molar-refractivity contribution in [3.05, 3.63) is 59.9 Å². The Balaban J connectivity index is 1.36. The Kier molecular flexibility index (Phi) is 8.23. The number of likely N-dealkylation sites (tertiary alicyclic amines) is 1. The van der Waals surface area contributed by atoms with Gasteiger partial charge in [0.05, 0.1) is 0 Å². The van der Waals surface area contributed by atoms with E-state index in [1.807, 2.05) is 19.1 Å². The van der Waals surface area contributed by atoms with Crippen molar-refractivity contribution in [1.82, 2.24) is 15.7 Å². The molecule has 35 heavy (non-hydrogen) atoms. The maximum atomic E-state index is 12.9. The predicted molar refractivity (Wildman–Crippen MR) is 130 cm³/mol. The van der Waals surface area contributed by atoms with Crippen LogP contribution in [0, 0.1) is 0 Å². The molecule has 1 saturated heterocycles. The molecule has 0 bridgehead atoms. The number of carbonyl (C=O) groups is 2. The zero-order valence-electron chi connectivity index (χ0n) is 19.8. The number of furan rings is 1. The molecule has 9 heteroatoms. The highest BCUT2D eigenvalue weighted by molar-refractivity contribution is 5.96. The Bertz CT molecular complexity index is 1140. The molecule has 1 aliphatic rings. The quantitative estimate of drug-likeness (QED) is 0.216. The lowest BCUT2D eigenvalue weighted by atomic mass is 10.2. The standard InChI is InChI=1S/C26H31N3O6/c1-2-5-24(34-20-8-6-18(7-9-20)25(30)28-32)27-26(31)23-17-19-16-21(10-11-22(19)35-23)33-15-14-29-12-3-4-13-29/h6-11,16-17,24,32H,2-5,12-15H2,1H3,(H,27,31)(H,28,30). The van der Waals surface area contributed by atoms with E-state index in [9.17, 15) is 9.59 Å². The van der Waals surface area contributed by atoms with Gasteiger partial charge in [0.15, 0.2) is 12.0 Å². The van der Waals surface area contributed by atoms with Crippen LogP contribution in [0.3, 0.4) is 0 Å². The monoisotopic (exact) mass is 481 g/mol. The molecular weight excluding hydrogens is 450 g/mol. The molecule has 2 amide bonds. The number of carbonyl (C=O) groups excluding carboxylic acids is 2. The third-order valence-electron chi connectivity index (χ3n) is 5.93. The van der Waals surface area contributed by atoms with E-state index < -0.39 is 12.1 Å². The minimum atomic E-state index is -0.611. The molecule has 0 aliphatic carbocycles. The van der Waals surface area contributed by atoms with Gasteiger partial charge in [0.25, 0.3) is 11.8 Å². The molecule has 1 unspecified atom stereocenters. The van der Waals surface area contributed by atoms with E-state index >= 15 is 0 Å². The molecule has 0 spiro atoms. The smallest absolute Gasteiger partial charge is 0.289 e. The second kappa shape index (κ2) is 11.7. The molecule has 2 heterocycles. The number of nitrogens with one attached hydrogen (secondary N) is 2. The van der Waals surface area contributed by atoms with E-state index in [0.717, 1.165) is 37.2 Å². The van der Waals surface area contributed by atoms with Gasteiger partial charge < -0.3 is 19.2 Å². The van der Waals surface area contributed by atoms with Crippen molar-refractivity contribution in [2.75, 3.05) is 26.2 Å². The maximum absolute atomic E-state index is 12.9. The topological polar surface area (TPSA) is 113 Å². The van der Waals surface area contributed by atoms with Gasteiger partial charge in [-0.05, 0) is 74.5 Å². The van der Waals surface area contributed by atoms with Crippen molar-refractivity contribution in [3.63, 3.8) is 0 Å². The van der Waals surface area contributed by atoms with Gasteiger partial charge in [-0.3, -0.25) is 19.7 Å². The fraction of sp³-hybridized carbons (Fsp3) is 0.385. The largest absolute Gasteiger partial charge is 0.492 e. The molecule has 186 valence electrons. The summed E-state index contributed by atoms with van der Waals surface area (Å²) in [4.78, 5) is 26.7. The highest BCUT2D eigenvalue weighted by Gasteiger charge is 2.19. The van der Waals surface area contributed by atoms with Gasteiger partial charge in [0.1, 0.15) is 23.7 Å². The van der Waals surface area contributed by atoms with E-state index in [1.54, 1.807) is 29.7 Å². The van der Waals surface area contributed by atoms with Crippen molar-refractivity contribution >= 4 is 22.8 Å². The number of nitrogens with zero attached hydrogens (tertiary/aromatic N) is 1. The third-order valence-corrected chi connectivity index (χ3v) is 5.93. The van der Waals surface area contributed by atoms with Crippen molar-refractivity contribution in [2.45, 2.75) is 38.8 Å². The zero-order chi connectivity index (χ0) is 24.6. The van der Waals surface area contributed by atoms with Crippen molar-refractivity contribution in [3.8, 4) is 11.5 Å². The van der Waals surface area contributed by atoms with Crippen LogP contribution in [-0.2, 0) is 0 Å². The predicted octanol–water partition coefficient (Wildman–Crippen LogP) is 3.96. The molecule has 1 atom stereocenters. The second-order valence-electron chi connectivity index (χ2n) is 8.54. The first-order chi connectivity index (χ1) is 17.1. The van der Waals surface area contributed by atoms with Gasteiger partial charge in [0, 0.05) is 23.9 Å². The normalized spacial score (nSPS) is 14.6. The van der Waals surface area contributed by atoms with Crippen LogP contribution >= 0.6 is 0 Å². The number of amides is 2. The van der Waals surface area contributed by atoms with Crippen LogP contribution in [-0.4, -0.2) is 54.4 Å². The van der Waals surface area contributed by atoms with Crippen LogP contribution in [0.4, 0.5) is 0 Å². The van der Waals surface area contributed by atoms with Crippen LogP contribution < -0.4 is 20.3 Å². The number of fused-ring (bicyclic) bond motifs is 1. The van der Waals surface area contributed by atoms with Crippen LogP contribution in [0.1, 0.15) is 53.5 Å². The first-order valence-corrected chi connectivity index (χ1v) is 12.0. The number of hydrogen-bond acceptors (Lipinski definition) is 7. The molecule has 1 aliphatic heterocycles. The lowest BCUT2D eigenvalue weighted by Crippen LogP contribution is -2.38. The number of ether oxygens (including phenoxy) is 2. The van der Waals surface area contributed by atoms with E-state index in [2.05, 4.69) is 10.2 Å². The van der Waals surface area contributed by atoms with Gasteiger partial charge in [-0.2, -0.15) is 0 Å². The summed E-state index contributed by atoms with van der Waals surface area (Å²) in [6.07, 6.45) is 3.30. The molecular formula is C26H31N3O6. The number of hydroxylamine groups is 1. The van der Waals surface area contributed by atoms with Crippen LogP contribution in [0.25, 0.3) is 11.0 Å². The fourth-order valence-electron chi connectivity index (χ4n) is 4.08. The summed E-state index contributed by atoms with van der Waals surface area (Å²) in [5, 5.41) is 12.4. The number of benzene rings is 2. The van der Waals surface area contributed by atoms with Crippen LogP contribution in [0.5, 0.6) is 11.5 Å². The molecule has 1 aromatic heterocycles. The van der Waals surface area contributed by atoms with Crippen LogP contribution in [0.15, 0.2) is 52.9 Å². The summed E-state index contributed by atoms with van der Waals surface area (Å²) in [6.45, 7) is 5.80. The summed E-state index contributed by atoms with van der Waals surface area (Å²) >= 11 is 0. The van der Waals surface area contributed by atoms with Crippen molar-refractivity contribution < 1.29 is 28.7 Å². The van der Waals surface area contributed by atoms with Gasteiger partial charge in [0.2, 0.25) is 0 Å². The fourth-order valence-corrected chi connectivity index (χ4v) is 4.08. The Labute approximate surface area is 203 Å². The first-order valence-electron chi connectivity index (χ1n) is 12.0. The molecule has 4 rings (SSSR count). The minimum Gasteiger partial charge on any atom is -0.492 e. The third kappa shape index (κ3) is 6.52. The highest BCUT2D eigenvalue weighted by Crippen LogP contribution is 2.25. The molecule has 2 aromatic carbocycles. The summed E-state index contributed by atoms with van der Waals surface area (Å²) in [6, 6.07) is 13.5. The Morgan fingerprint density at radius 1 is 1.06 bits per heavy atom. The van der Waals surface area contributed by atoms with Gasteiger partial charge in [-0.15, -0.1) is 0 Å². The van der Waals surface area contributed by atoms with E-state index in [1.165, 1.54) is 25.0 Å². The Hall–Kier alpha value is -3.56. The van der Waals surface area contributed by atoms with Crippen molar-refractivity contribution in [1.29, 1.82) is 0 Å². The maximum Gasteiger partial charge on any atom is 0.289 e. The molecule has 1 fully saturated rings. The van der Waals surface area contributed by atoms with Crippen LogP contribution in [0.2, 0.25) is 0 Å². The Morgan fingerprint density at radius 2 is 1.80 bits per heavy atom. The highest BCUT2D eigenvalue weighted by atomic mass is 16.5. The lowest BCUT2D eigenvalue weighted by Gasteiger charge is -2.19. The number of rotatable bonds is 11. The summed E-state index contributed by atoms with van der Waals surface area (Å²) in [5.74, 6) is 0.426. The number of hydrogen-bond donors (Lipinski definition) is 3.